The Morgan fingerprint density at radius 1 is 1.52 bits per heavy atom. The van der Waals surface area contributed by atoms with Crippen molar-refractivity contribution in [3.8, 4) is 10.7 Å². The molecule has 2 aromatic rings. The van der Waals surface area contributed by atoms with Gasteiger partial charge >= 0.3 is 0 Å². The fraction of sp³-hybridized carbons (Fsp3) is 0.429. The maximum atomic E-state index is 12.3. The molecule has 0 radical (unpaired) electrons. The first kappa shape index (κ1) is 14.1. The standard InChI is InChI=1S/C14H17N5OS/c1-10-8-19(5-4-16-10)13(20)6-11-9-21-14(18-11)12-7-15-2-3-17-12/h2-3,7,9-10,16H,4-6,8H2,1H3. The van der Waals surface area contributed by atoms with Gasteiger partial charge in [0.1, 0.15) is 10.7 Å². The monoisotopic (exact) mass is 303 g/mol. The van der Waals surface area contributed by atoms with Gasteiger partial charge in [-0.2, -0.15) is 0 Å². The molecule has 1 saturated heterocycles. The van der Waals surface area contributed by atoms with Crippen molar-refractivity contribution in [1.29, 1.82) is 0 Å². The predicted molar refractivity (Wildman–Crippen MR) is 80.9 cm³/mol. The molecule has 3 heterocycles. The van der Waals surface area contributed by atoms with E-state index in [1.807, 2.05) is 10.3 Å². The summed E-state index contributed by atoms with van der Waals surface area (Å²) in [4.78, 5) is 26.9. The van der Waals surface area contributed by atoms with Crippen molar-refractivity contribution in [1.82, 2.24) is 25.2 Å². The lowest BCUT2D eigenvalue weighted by Gasteiger charge is -2.31. The molecule has 7 heteroatoms. The van der Waals surface area contributed by atoms with E-state index in [0.717, 1.165) is 36.0 Å². The molecule has 0 saturated carbocycles. The third-order valence-electron chi connectivity index (χ3n) is 3.39. The zero-order valence-electron chi connectivity index (χ0n) is 11.8. The number of nitrogens with zero attached hydrogens (tertiary/aromatic N) is 4. The van der Waals surface area contributed by atoms with Gasteiger partial charge in [-0.05, 0) is 6.92 Å². The van der Waals surface area contributed by atoms with Crippen LogP contribution < -0.4 is 5.32 Å². The van der Waals surface area contributed by atoms with E-state index in [-0.39, 0.29) is 5.91 Å². The molecule has 1 aliphatic rings. The first-order valence-electron chi connectivity index (χ1n) is 6.94. The van der Waals surface area contributed by atoms with E-state index in [0.29, 0.717) is 12.5 Å². The number of carbonyl (C=O) groups is 1. The van der Waals surface area contributed by atoms with Crippen LogP contribution in [0.4, 0.5) is 0 Å². The lowest BCUT2D eigenvalue weighted by atomic mass is 10.2. The summed E-state index contributed by atoms with van der Waals surface area (Å²) in [6.45, 7) is 4.48. The molecule has 110 valence electrons. The summed E-state index contributed by atoms with van der Waals surface area (Å²) in [6.07, 6.45) is 5.31. The number of thiazole rings is 1. The molecule has 1 unspecified atom stereocenters. The van der Waals surface area contributed by atoms with E-state index in [4.69, 9.17) is 0 Å². The summed E-state index contributed by atoms with van der Waals surface area (Å²) < 4.78 is 0. The number of carbonyl (C=O) groups excluding carboxylic acids is 1. The molecular formula is C14H17N5OS. The average molecular weight is 303 g/mol. The first-order valence-corrected chi connectivity index (χ1v) is 7.82. The van der Waals surface area contributed by atoms with Gasteiger partial charge in [-0.3, -0.25) is 14.8 Å². The van der Waals surface area contributed by atoms with Crippen molar-refractivity contribution in [2.75, 3.05) is 19.6 Å². The molecule has 1 N–H and O–H groups in total. The van der Waals surface area contributed by atoms with Crippen LogP contribution in [-0.2, 0) is 11.2 Å². The number of piperazine rings is 1. The van der Waals surface area contributed by atoms with Crippen molar-refractivity contribution >= 4 is 17.2 Å². The van der Waals surface area contributed by atoms with Crippen LogP contribution in [-0.4, -0.2) is 51.4 Å². The lowest BCUT2D eigenvalue weighted by Crippen LogP contribution is -2.51. The van der Waals surface area contributed by atoms with Gasteiger partial charge in [0.15, 0.2) is 0 Å². The molecule has 0 bridgehead atoms. The van der Waals surface area contributed by atoms with Gasteiger partial charge in [-0.25, -0.2) is 4.98 Å². The summed E-state index contributed by atoms with van der Waals surface area (Å²) in [6, 6.07) is 0.355. The maximum Gasteiger partial charge on any atom is 0.228 e. The van der Waals surface area contributed by atoms with E-state index in [1.165, 1.54) is 11.3 Å². The highest BCUT2D eigenvalue weighted by molar-refractivity contribution is 7.13. The molecule has 2 aromatic heterocycles. The number of amides is 1. The van der Waals surface area contributed by atoms with Crippen molar-refractivity contribution in [2.45, 2.75) is 19.4 Å². The Kier molecular flexibility index (Phi) is 4.21. The molecule has 0 aromatic carbocycles. The molecule has 6 nitrogen and oxygen atoms in total. The Bertz CT molecular complexity index is 615. The second kappa shape index (κ2) is 6.28. The third kappa shape index (κ3) is 3.43. The molecule has 1 fully saturated rings. The van der Waals surface area contributed by atoms with E-state index in [9.17, 15) is 4.79 Å². The van der Waals surface area contributed by atoms with Crippen LogP contribution in [0.1, 0.15) is 12.6 Å². The SMILES string of the molecule is CC1CN(C(=O)Cc2csc(-c3cnccn3)n2)CCN1. The summed E-state index contributed by atoms with van der Waals surface area (Å²) in [5.41, 5.74) is 1.55. The second-order valence-corrected chi connectivity index (χ2v) is 5.96. The zero-order chi connectivity index (χ0) is 14.7. The van der Waals surface area contributed by atoms with Crippen LogP contribution in [0.2, 0.25) is 0 Å². The van der Waals surface area contributed by atoms with Crippen LogP contribution >= 0.6 is 11.3 Å². The zero-order valence-corrected chi connectivity index (χ0v) is 12.6. The normalized spacial score (nSPS) is 18.7. The number of hydrogen-bond donors (Lipinski definition) is 1. The van der Waals surface area contributed by atoms with Gasteiger partial charge in [-0.15, -0.1) is 11.3 Å². The summed E-state index contributed by atoms with van der Waals surface area (Å²) >= 11 is 1.50. The quantitative estimate of drug-likeness (QED) is 0.914. The Morgan fingerprint density at radius 2 is 2.43 bits per heavy atom. The molecule has 0 spiro atoms. The van der Waals surface area contributed by atoms with Crippen LogP contribution in [0.5, 0.6) is 0 Å². The van der Waals surface area contributed by atoms with E-state index in [2.05, 4.69) is 27.2 Å². The topological polar surface area (TPSA) is 71.0 Å². The predicted octanol–water partition coefficient (Wildman–Crippen LogP) is 0.963. The Hall–Kier alpha value is -1.86. The minimum Gasteiger partial charge on any atom is -0.340 e. The maximum absolute atomic E-state index is 12.3. The van der Waals surface area contributed by atoms with Gasteiger partial charge in [0, 0.05) is 43.4 Å². The average Bonchev–Trinajstić information content (AvgIpc) is 2.97. The van der Waals surface area contributed by atoms with Crippen LogP contribution in [0.25, 0.3) is 10.7 Å². The molecule has 0 aliphatic carbocycles. The smallest absolute Gasteiger partial charge is 0.228 e. The Balaban J connectivity index is 1.66. The van der Waals surface area contributed by atoms with Crippen molar-refractivity contribution in [2.24, 2.45) is 0 Å². The summed E-state index contributed by atoms with van der Waals surface area (Å²) in [7, 11) is 0. The van der Waals surface area contributed by atoms with Gasteiger partial charge in [-0.1, -0.05) is 0 Å². The van der Waals surface area contributed by atoms with Crippen molar-refractivity contribution in [3.05, 3.63) is 29.7 Å². The minimum atomic E-state index is 0.138. The van der Waals surface area contributed by atoms with E-state index in [1.54, 1.807) is 18.6 Å². The third-order valence-corrected chi connectivity index (χ3v) is 4.30. The molecule has 1 aliphatic heterocycles. The summed E-state index contributed by atoms with van der Waals surface area (Å²) in [5.74, 6) is 0.138. The molecular weight excluding hydrogens is 286 g/mol. The lowest BCUT2D eigenvalue weighted by molar-refractivity contribution is -0.131. The molecule has 3 rings (SSSR count). The minimum absolute atomic E-state index is 0.138. The Labute approximate surface area is 127 Å². The highest BCUT2D eigenvalue weighted by atomic mass is 32.1. The Morgan fingerprint density at radius 3 is 3.19 bits per heavy atom. The fourth-order valence-corrected chi connectivity index (χ4v) is 3.12. The number of rotatable bonds is 3. The second-order valence-electron chi connectivity index (χ2n) is 5.11. The molecule has 21 heavy (non-hydrogen) atoms. The summed E-state index contributed by atoms with van der Waals surface area (Å²) in [5, 5.41) is 6.06. The fourth-order valence-electron chi connectivity index (χ4n) is 2.34. The number of hydrogen-bond acceptors (Lipinski definition) is 6. The van der Waals surface area contributed by atoms with E-state index >= 15 is 0 Å². The largest absolute Gasteiger partial charge is 0.340 e. The van der Waals surface area contributed by atoms with Gasteiger partial charge in [0.2, 0.25) is 5.91 Å². The molecule has 1 atom stereocenters. The van der Waals surface area contributed by atoms with Gasteiger partial charge < -0.3 is 10.2 Å². The number of aromatic nitrogens is 3. The number of nitrogens with one attached hydrogen (secondary N) is 1. The van der Waals surface area contributed by atoms with Gasteiger partial charge in [0.25, 0.3) is 0 Å². The van der Waals surface area contributed by atoms with Gasteiger partial charge in [0.05, 0.1) is 18.3 Å². The first-order chi connectivity index (χ1) is 10.2. The van der Waals surface area contributed by atoms with Crippen LogP contribution in [0, 0.1) is 0 Å². The van der Waals surface area contributed by atoms with Crippen LogP contribution in [0.3, 0.4) is 0 Å². The van der Waals surface area contributed by atoms with E-state index < -0.39 is 0 Å². The highest BCUT2D eigenvalue weighted by Crippen LogP contribution is 2.21. The van der Waals surface area contributed by atoms with Crippen LogP contribution in [0.15, 0.2) is 24.0 Å². The van der Waals surface area contributed by atoms with Crippen molar-refractivity contribution < 1.29 is 4.79 Å². The highest BCUT2D eigenvalue weighted by Gasteiger charge is 2.21. The molecule has 1 amide bonds. The van der Waals surface area contributed by atoms with Crippen molar-refractivity contribution in [3.63, 3.8) is 0 Å².